The molecule has 1 spiro atoms. The van der Waals surface area contributed by atoms with Gasteiger partial charge in [0.1, 0.15) is 11.3 Å². The van der Waals surface area contributed by atoms with E-state index in [0.717, 1.165) is 51.3 Å². The molecular weight excluding hydrogens is 396 g/mol. The Morgan fingerprint density at radius 1 is 1.10 bits per heavy atom. The highest BCUT2D eigenvalue weighted by Gasteiger charge is 2.52. The summed E-state index contributed by atoms with van der Waals surface area (Å²) in [6.45, 7) is 4.82. The Kier molecular flexibility index (Phi) is 5.33. The molecule has 8 heteroatoms. The third kappa shape index (κ3) is 3.89. The Morgan fingerprint density at radius 2 is 1.87 bits per heavy atom. The fraction of sp³-hybridized carbons (Fsp3) is 0.609. The molecule has 1 aromatic carbocycles. The lowest BCUT2D eigenvalue weighted by Gasteiger charge is -2.35. The van der Waals surface area contributed by atoms with E-state index in [1.807, 2.05) is 4.90 Å². The lowest BCUT2D eigenvalue weighted by Crippen LogP contribution is -2.49. The van der Waals surface area contributed by atoms with Crippen molar-refractivity contribution >= 4 is 17.8 Å². The molecule has 4 amide bonds. The third-order valence-electron chi connectivity index (χ3n) is 7.14. The fourth-order valence-corrected chi connectivity index (χ4v) is 5.31. The number of urea groups is 1. The van der Waals surface area contributed by atoms with Crippen molar-refractivity contribution in [3.8, 4) is 5.75 Å². The molecule has 31 heavy (non-hydrogen) atoms. The number of nitrogens with one attached hydrogen (secondary N) is 1. The van der Waals surface area contributed by atoms with Gasteiger partial charge in [0, 0.05) is 52.1 Å². The molecule has 5 rings (SSSR count). The van der Waals surface area contributed by atoms with E-state index < -0.39 is 5.54 Å². The normalized spacial score (nSPS) is 22.7. The van der Waals surface area contributed by atoms with Crippen LogP contribution in [0.25, 0.3) is 0 Å². The molecule has 3 heterocycles. The molecule has 1 aliphatic carbocycles. The first-order valence-corrected chi connectivity index (χ1v) is 11.4. The molecule has 3 fully saturated rings. The van der Waals surface area contributed by atoms with Crippen LogP contribution < -0.4 is 10.1 Å². The van der Waals surface area contributed by atoms with Gasteiger partial charge in [0.15, 0.2) is 0 Å². The number of fused-ring (bicyclic) bond motifs is 1. The zero-order chi connectivity index (χ0) is 21.4. The predicted octanol–water partition coefficient (Wildman–Crippen LogP) is 1.52. The van der Waals surface area contributed by atoms with Gasteiger partial charge in [-0.25, -0.2) is 4.79 Å². The lowest BCUT2D eigenvalue weighted by atomic mass is 9.98. The number of carbonyl (C=O) groups excluding carboxylic acids is 3. The van der Waals surface area contributed by atoms with Gasteiger partial charge in [0.05, 0.1) is 6.61 Å². The van der Waals surface area contributed by atoms with Crippen molar-refractivity contribution in [3.05, 3.63) is 29.3 Å². The lowest BCUT2D eigenvalue weighted by molar-refractivity contribution is -0.134. The summed E-state index contributed by atoms with van der Waals surface area (Å²) in [6, 6.07) is 6.07. The Morgan fingerprint density at radius 3 is 2.65 bits per heavy atom. The molecule has 166 valence electrons. The van der Waals surface area contributed by atoms with Crippen molar-refractivity contribution in [1.82, 2.24) is 20.0 Å². The summed E-state index contributed by atoms with van der Waals surface area (Å²) in [4.78, 5) is 43.2. The van der Waals surface area contributed by atoms with Gasteiger partial charge in [-0.15, -0.1) is 0 Å². The average Bonchev–Trinajstić information content (AvgIpc) is 3.48. The second-order valence-corrected chi connectivity index (χ2v) is 9.12. The minimum Gasteiger partial charge on any atom is -0.493 e. The summed E-state index contributed by atoms with van der Waals surface area (Å²) in [5.41, 5.74) is 1.87. The van der Waals surface area contributed by atoms with Crippen LogP contribution in [0.4, 0.5) is 4.79 Å². The number of ether oxygens (including phenoxy) is 1. The number of benzene rings is 1. The smallest absolute Gasteiger partial charge is 0.325 e. The van der Waals surface area contributed by atoms with Crippen LogP contribution in [0.3, 0.4) is 0 Å². The van der Waals surface area contributed by atoms with Crippen molar-refractivity contribution in [1.29, 1.82) is 0 Å². The maximum absolute atomic E-state index is 12.7. The zero-order valence-corrected chi connectivity index (χ0v) is 17.9. The number of piperazine rings is 1. The van der Waals surface area contributed by atoms with Gasteiger partial charge in [0.25, 0.3) is 5.91 Å². The van der Waals surface area contributed by atoms with E-state index in [2.05, 4.69) is 28.4 Å². The molecule has 0 unspecified atom stereocenters. The summed E-state index contributed by atoms with van der Waals surface area (Å²) in [7, 11) is 0. The van der Waals surface area contributed by atoms with Crippen LogP contribution in [0.2, 0.25) is 0 Å². The largest absolute Gasteiger partial charge is 0.493 e. The highest BCUT2D eigenvalue weighted by atomic mass is 16.5. The van der Waals surface area contributed by atoms with Crippen molar-refractivity contribution < 1.29 is 19.1 Å². The molecule has 0 aromatic heterocycles. The Hall–Kier alpha value is -2.61. The Balaban J connectivity index is 1.09. The zero-order valence-electron chi connectivity index (χ0n) is 17.9. The summed E-state index contributed by atoms with van der Waals surface area (Å²) in [5.74, 6) is 0.873. The predicted molar refractivity (Wildman–Crippen MR) is 114 cm³/mol. The van der Waals surface area contributed by atoms with Gasteiger partial charge in [-0.3, -0.25) is 19.4 Å². The number of nitrogens with zero attached hydrogens (tertiary/aromatic N) is 3. The fourth-order valence-electron chi connectivity index (χ4n) is 5.31. The second-order valence-electron chi connectivity index (χ2n) is 9.12. The molecule has 4 aliphatic rings. The van der Waals surface area contributed by atoms with Crippen molar-refractivity contribution in [3.63, 3.8) is 0 Å². The minimum absolute atomic E-state index is 0.0160. The summed E-state index contributed by atoms with van der Waals surface area (Å²) in [6.07, 6.45) is 4.51. The molecule has 0 bridgehead atoms. The number of hydrogen-bond donors (Lipinski definition) is 1. The first kappa shape index (κ1) is 20.3. The average molecular weight is 427 g/mol. The van der Waals surface area contributed by atoms with Gasteiger partial charge in [0.2, 0.25) is 5.91 Å². The van der Waals surface area contributed by atoms with E-state index in [9.17, 15) is 14.4 Å². The van der Waals surface area contributed by atoms with E-state index in [-0.39, 0.29) is 30.8 Å². The maximum Gasteiger partial charge on any atom is 0.325 e. The van der Waals surface area contributed by atoms with Crippen LogP contribution in [0.1, 0.15) is 43.2 Å². The molecule has 0 atom stereocenters. The summed E-state index contributed by atoms with van der Waals surface area (Å²) < 4.78 is 5.58. The standard InChI is InChI=1S/C23H30N4O4/c28-20(5-9-27-21(29)23(24-22(27)30)7-1-2-8-23)26-12-10-25(11-13-26)16-17-3-4-19-18(15-17)6-14-31-19/h3-4,15H,1-2,5-14,16H2,(H,24,30). The SMILES string of the molecule is O=C(CCN1C(=O)NC2(CCCC2)C1=O)N1CCN(Cc2ccc3c(c2)CCO3)CC1. The monoisotopic (exact) mass is 426 g/mol. The number of hydrogen-bond acceptors (Lipinski definition) is 5. The van der Waals surface area contributed by atoms with Crippen molar-refractivity contribution in [2.45, 2.75) is 50.6 Å². The van der Waals surface area contributed by atoms with Crippen LogP contribution >= 0.6 is 0 Å². The molecule has 0 radical (unpaired) electrons. The van der Waals surface area contributed by atoms with E-state index in [0.29, 0.717) is 25.9 Å². The van der Waals surface area contributed by atoms with Crippen LogP contribution in [0, 0.1) is 0 Å². The van der Waals surface area contributed by atoms with Gasteiger partial charge >= 0.3 is 6.03 Å². The van der Waals surface area contributed by atoms with Gasteiger partial charge in [-0.2, -0.15) is 0 Å². The van der Waals surface area contributed by atoms with Crippen LogP contribution in [-0.4, -0.2) is 77.4 Å². The quantitative estimate of drug-likeness (QED) is 0.722. The Labute approximate surface area is 182 Å². The van der Waals surface area contributed by atoms with Crippen molar-refractivity contribution in [2.24, 2.45) is 0 Å². The minimum atomic E-state index is -0.699. The number of amides is 4. The molecule has 3 aliphatic heterocycles. The Bertz CT molecular complexity index is 888. The molecule has 1 aromatic rings. The maximum atomic E-state index is 12.7. The number of carbonyl (C=O) groups is 3. The van der Waals surface area contributed by atoms with Crippen LogP contribution in [0.5, 0.6) is 5.75 Å². The molecular formula is C23H30N4O4. The number of imide groups is 1. The van der Waals surface area contributed by atoms with E-state index in [1.54, 1.807) is 0 Å². The van der Waals surface area contributed by atoms with Crippen LogP contribution in [-0.2, 0) is 22.6 Å². The molecule has 1 saturated carbocycles. The van der Waals surface area contributed by atoms with Gasteiger partial charge in [-0.1, -0.05) is 25.0 Å². The number of rotatable bonds is 5. The highest BCUT2D eigenvalue weighted by molar-refractivity contribution is 6.07. The second kappa shape index (κ2) is 8.15. The van der Waals surface area contributed by atoms with E-state index in [1.165, 1.54) is 16.0 Å². The van der Waals surface area contributed by atoms with E-state index in [4.69, 9.17) is 4.74 Å². The van der Waals surface area contributed by atoms with Gasteiger partial charge < -0.3 is 15.0 Å². The van der Waals surface area contributed by atoms with Crippen molar-refractivity contribution in [2.75, 3.05) is 39.3 Å². The summed E-state index contributed by atoms with van der Waals surface area (Å²) in [5, 5.41) is 2.87. The van der Waals surface area contributed by atoms with Crippen LogP contribution in [0.15, 0.2) is 18.2 Å². The molecule has 2 saturated heterocycles. The highest BCUT2D eigenvalue weighted by Crippen LogP contribution is 2.35. The molecule has 1 N–H and O–H groups in total. The van der Waals surface area contributed by atoms with E-state index >= 15 is 0 Å². The molecule has 8 nitrogen and oxygen atoms in total. The third-order valence-corrected chi connectivity index (χ3v) is 7.14. The van der Waals surface area contributed by atoms with Gasteiger partial charge in [-0.05, 0) is 30.0 Å². The first-order valence-electron chi connectivity index (χ1n) is 11.4. The summed E-state index contributed by atoms with van der Waals surface area (Å²) >= 11 is 0. The topological polar surface area (TPSA) is 82.2 Å². The first-order chi connectivity index (χ1) is 15.0.